The van der Waals surface area contributed by atoms with Crippen LogP contribution in [0.15, 0.2) is 28.7 Å². The van der Waals surface area contributed by atoms with Crippen molar-refractivity contribution >= 4 is 11.0 Å². The Morgan fingerprint density at radius 2 is 1.88 bits per heavy atom. The van der Waals surface area contributed by atoms with Gasteiger partial charge in [-0.3, -0.25) is 9.58 Å². The van der Waals surface area contributed by atoms with Crippen LogP contribution in [0.1, 0.15) is 35.2 Å². The fourth-order valence-corrected chi connectivity index (χ4v) is 3.48. The lowest BCUT2D eigenvalue weighted by Gasteiger charge is -2.17. The van der Waals surface area contributed by atoms with Gasteiger partial charge in [-0.25, -0.2) is 0 Å². The van der Waals surface area contributed by atoms with Crippen molar-refractivity contribution in [2.45, 2.75) is 46.8 Å². The van der Waals surface area contributed by atoms with E-state index in [2.05, 4.69) is 43.0 Å². The molecular formula is C20H27N3O2. The van der Waals surface area contributed by atoms with Gasteiger partial charge < -0.3 is 9.52 Å². The summed E-state index contributed by atoms with van der Waals surface area (Å²) in [5.74, 6) is 1.07. The first-order valence-corrected chi connectivity index (χ1v) is 8.86. The second kappa shape index (κ2) is 7.42. The van der Waals surface area contributed by atoms with Crippen LogP contribution in [0.4, 0.5) is 0 Å². The maximum absolute atomic E-state index is 9.17. The van der Waals surface area contributed by atoms with Crippen molar-refractivity contribution in [1.82, 2.24) is 14.7 Å². The number of aliphatic hydroxyl groups excluding tert-OH is 1. The summed E-state index contributed by atoms with van der Waals surface area (Å²) in [6.07, 6.45) is 0.893. The van der Waals surface area contributed by atoms with Crippen molar-refractivity contribution in [3.63, 3.8) is 0 Å². The van der Waals surface area contributed by atoms with Gasteiger partial charge in [-0.15, -0.1) is 0 Å². The lowest BCUT2D eigenvalue weighted by atomic mass is 10.1. The molecule has 0 spiro atoms. The fourth-order valence-electron chi connectivity index (χ4n) is 3.48. The highest BCUT2D eigenvalue weighted by molar-refractivity contribution is 5.82. The Labute approximate surface area is 148 Å². The Morgan fingerprint density at radius 1 is 1.16 bits per heavy atom. The molecule has 0 aliphatic rings. The monoisotopic (exact) mass is 341 g/mol. The number of furan rings is 1. The number of aliphatic hydroxyl groups is 1. The molecule has 1 aromatic carbocycles. The average molecular weight is 341 g/mol. The summed E-state index contributed by atoms with van der Waals surface area (Å²) in [7, 11) is 2.13. The molecule has 3 rings (SSSR count). The molecule has 2 heterocycles. The number of fused-ring (bicyclic) bond motifs is 1. The molecule has 0 bridgehead atoms. The van der Waals surface area contributed by atoms with E-state index in [1.165, 1.54) is 16.5 Å². The molecule has 0 unspecified atom stereocenters. The van der Waals surface area contributed by atoms with Crippen LogP contribution < -0.4 is 0 Å². The number of benzene rings is 1. The Morgan fingerprint density at radius 3 is 2.60 bits per heavy atom. The Hall–Kier alpha value is -2.11. The molecule has 1 N–H and O–H groups in total. The van der Waals surface area contributed by atoms with Crippen molar-refractivity contribution in [2.24, 2.45) is 0 Å². The van der Waals surface area contributed by atoms with Crippen LogP contribution in [0.5, 0.6) is 0 Å². The van der Waals surface area contributed by atoms with E-state index < -0.39 is 0 Å². The molecule has 0 atom stereocenters. The van der Waals surface area contributed by atoms with Gasteiger partial charge in [0.05, 0.1) is 18.8 Å². The second-order valence-corrected chi connectivity index (χ2v) is 6.62. The van der Waals surface area contributed by atoms with Gasteiger partial charge in [-0.1, -0.05) is 25.1 Å². The number of aromatic nitrogens is 2. The molecule has 5 nitrogen and oxygen atoms in total. The number of nitrogens with zero attached hydrogens (tertiary/aromatic N) is 3. The van der Waals surface area contributed by atoms with Gasteiger partial charge >= 0.3 is 0 Å². The standard InChI is InChI=1S/C20H27N3O2/c1-5-19-18(16-8-6-7-9-20(16)25-19)13-22(4)12-17-14(2)21-23(10-11-24)15(17)3/h6-9,24H,5,10-13H2,1-4H3. The number of rotatable bonds is 7. The molecule has 0 saturated carbocycles. The van der Waals surface area contributed by atoms with Crippen molar-refractivity contribution in [3.05, 3.63) is 52.5 Å². The highest BCUT2D eigenvalue weighted by Gasteiger charge is 2.17. The molecule has 0 radical (unpaired) electrons. The van der Waals surface area contributed by atoms with Crippen LogP contribution in [0.2, 0.25) is 0 Å². The number of hydrogen-bond acceptors (Lipinski definition) is 4. The lowest BCUT2D eigenvalue weighted by molar-refractivity contribution is 0.267. The maximum atomic E-state index is 9.17. The van der Waals surface area contributed by atoms with Crippen LogP contribution in [0, 0.1) is 13.8 Å². The molecule has 2 aromatic heterocycles. The molecular weight excluding hydrogens is 314 g/mol. The predicted octanol–water partition coefficient (Wildman–Crippen LogP) is 3.43. The minimum Gasteiger partial charge on any atom is -0.461 e. The average Bonchev–Trinajstić information content (AvgIpc) is 3.08. The summed E-state index contributed by atoms with van der Waals surface area (Å²) >= 11 is 0. The van der Waals surface area contributed by atoms with Gasteiger partial charge in [0.15, 0.2) is 0 Å². The van der Waals surface area contributed by atoms with E-state index in [9.17, 15) is 5.11 Å². The van der Waals surface area contributed by atoms with Gasteiger partial charge in [0.1, 0.15) is 11.3 Å². The van der Waals surface area contributed by atoms with Gasteiger partial charge in [0.25, 0.3) is 0 Å². The zero-order valence-electron chi connectivity index (χ0n) is 15.5. The predicted molar refractivity (Wildman–Crippen MR) is 99.5 cm³/mol. The van der Waals surface area contributed by atoms with Crippen LogP contribution >= 0.6 is 0 Å². The van der Waals surface area contributed by atoms with Crippen molar-refractivity contribution in [2.75, 3.05) is 13.7 Å². The van der Waals surface area contributed by atoms with Gasteiger partial charge in [0, 0.05) is 41.7 Å². The third kappa shape index (κ3) is 3.48. The first kappa shape index (κ1) is 17.7. The van der Waals surface area contributed by atoms with E-state index in [4.69, 9.17) is 4.42 Å². The third-order valence-electron chi connectivity index (χ3n) is 4.80. The normalized spacial score (nSPS) is 11.8. The number of hydrogen-bond donors (Lipinski definition) is 1. The highest BCUT2D eigenvalue weighted by Crippen LogP contribution is 2.28. The van der Waals surface area contributed by atoms with E-state index in [-0.39, 0.29) is 6.61 Å². The summed E-state index contributed by atoms with van der Waals surface area (Å²) in [5.41, 5.74) is 5.64. The number of aryl methyl sites for hydroxylation is 2. The zero-order chi connectivity index (χ0) is 18.0. The summed E-state index contributed by atoms with van der Waals surface area (Å²) in [5, 5.41) is 14.9. The summed E-state index contributed by atoms with van der Waals surface area (Å²) < 4.78 is 7.90. The Bertz CT molecular complexity index is 863. The Balaban J connectivity index is 1.83. The summed E-state index contributed by atoms with van der Waals surface area (Å²) in [6.45, 7) is 8.56. The van der Waals surface area contributed by atoms with Gasteiger partial charge in [0.2, 0.25) is 0 Å². The molecule has 0 amide bonds. The SMILES string of the molecule is CCc1oc2ccccc2c1CN(C)Cc1c(C)nn(CCO)c1C. The van der Waals surface area contributed by atoms with Crippen LogP contribution in [0.3, 0.4) is 0 Å². The van der Waals surface area contributed by atoms with E-state index >= 15 is 0 Å². The molecule has 0 aliphatic carbocycles. The van der Waals surface area contributed by atoms with Gasteiger partial charge in [-0.05, 0) is 27.0 Å². The first-order valence-electron chi connectivity index (χ1n) is 8.86. The quantitative estimate of drug-likeness (QED) is 0.715. The van der Waals surface area contributed by atoms with E-state index in [1.54, 1.807) is 0 Å². The van der Waals surface area contributed by atoms with Crippen LogP contribution in [0.25, 0.3) is 11.0 Å². The zero-order valence-corrected chi connectivity index (χ0v) is 15.5. The Kier molecular flexibility index (Phi) is 5.25. The first-order chi connectivity index (χ1) is 12.0. The lowest BCUT2D eigenvalue weighted by Crippen LogP contribution is -2.19. The highest BCUT2D eigenvalue weighted by atomic mass is 16.3. The largest absolute Gasteiger partial charge is 0.461 e. The van der Waals surface area contributed by atoms with E-state index in [1.807, 2.05) is 23.7 Å². The third-order valence-corrected chi connectivity index (χ3v) is 4.80. The molecule has 25 heavy (non-hydrogen) atoms. The molecule has 3 aromatic rings. The maximum Gasteiger partial charge on any atom is 0.134 e. The topological polar surface area (TPSA) is 54.4 Å². The molecule has 134 valence electrons. The van der Waals surface area contributed by atoms with Crippen LogP contribution in [-0.2, 0) is 26.1 Å². The van der Waals surface area contributed by atoms with E-state index in [0.29, 0.717) is 6.54 Å². The van der Waals surface area contributed by atoms with Crippen molar-refractivity contribution in [1.29, 1.82) is 0 Å². The van der Waals surface area contributed by atoms with Gasteiger partial charge in [-0.2, -0.15) is 5.10 Å². The fraction of sp³-hybridized carbons (Fsp3) is 0.450. The number of para-hydroxylation sites is 1. The second-order valence-electron chi connectivity index (χ2n) is 6.62. The summed E-state index contributed by atoms with van der Waals surface area (Å²) in [6, 6.07) is 8.25. The smallest absolute Gasteiger partial charge is 0.134 e. The molecule has 0 fully saturated rings. The molecule has 0 aliphatic heterocycles. The molecule has 5 heteroatoms. The minimum absolute atomic E-state index is 0.109. The van der Waals surface area contributed by atoms with Crippen molar-refractivity contribution in [3.8, 4) is 0 Å². The summed E-state index contributed by atoms with van der Waals surface area (Å²) in [4.78, 5) is 2.30. The van der Waals surface area contributed by atoms with E-state index in [0.717, 1.165) is 42.2 Å². The molecule has 0 saturated heterocycles. The van der Waals surface area contributed by atoms with Crippen molar-refractivity contribution < 1.29 is 9.52 Å². The van der Waals surface area contributed by atoms with Crippen LogP contribution in [-0.4, -0.2) is 33.4 Å². The minimum atomic E-state index is 0.109.